The molecule has 2 rings (SSSR count). The minimum Gasteiger partial charge on any atom is -0.326 e. The monoisotopic (exact) mass is 310 g/mol. The highest BCUT2D eigenvalue weighted by molar-refractivity contribution is 7.89. The lowest BCUT2D eigenvalue weighted by Gasteiger charge is -2.25. The zero-order valence-corrected chi connectivity index (χ0v) is 13.3. The van der Waals surface area contributed by atoms with Gasteiger partial charge in [-0.1, -0.05) is 13.3 Å². The summed E-state index contributed by atoms with van der Waals surface area (Å²) in [6.45, 7) is 3.70. The van der Waals surface area contributed by atoms with Gasteiger partial charge in [0.05, 0.1) is 4.90 Å². The Bertz CT molecular complexity index is 649. The van der Waals surface area contributed by atoms with Gasteiger partial charge < -0.3 is 5.32 Å². The lowest BCUT2D eigenvalue weighted by molar-refractivity contribution is -0.117. The second-order valence-electron chi connectivity index (χ2n) is 5.72. The van der Waals surface area contributed by atoms with Gasteiger partial charge in [0.25, 0.3) is 0 Å². The number of benzene rings is 1. The van der Waals surface area contributed by atoms with E-state index >= 15 is 0 Å². The predicted octanol–water partition coefficient (Wildman–Crippen LogP) is 2.33. The molecular weight excluding hydrogens is 288 g/mol. The Morgan fingerprint density at radius 1 is 1.38 bits per heavy atom. The second kappa shape index (κ2) is 6.15. The molecule has 116 valence electrons. The minimum atomic E-state index is -3.73. The molecule has 0 heterocycles. The topological polar surface area (TPSA) is 89.3 Å². The minimum absolute atomic E-state index is 0.000792. The maximum atomic E-state index is 12.1. The standard InChI is InChI=1S/C15H22N2O3S/c1-3-12-9-13(21(16,19)20)7-10(2)15(12)17-14(18)8-11-5-4-6-11/h7,9,11H,3-6,8H2,1-2H3,(H,17,18)(H2,16,19,20). The van der Waals surface area contributed by atoms with Gasteiger partial charge in [-0.2, -0.15) is 0 Å². The van der Waals surface area contributed by atoms with Crippen LogP contribution in [0.2, 0.25) is 0 Å². The van der Waals surface area contributed by atoms with Gasteiger partial charge in [-0.05, 0) is 55.4 Å². The maximum absolute atomic E-state index is 12.1. The van der Waals surface area contributed by atoms with Gasteiger partial charge in [0.1, 0.15) is 0 Å². The van der Waals surface area contributed by atoms with Crippen LogP contribution in [-0.4, -0.2) is 14.3 Å². The van der Waals surface area contributed by atoms with Crippen molar-refractivity contribution in [1.29, 1.82) is 0 Å². The molecule has 6 heteroatoms. The maximum Gasteiger partial charge on any atom is 0.238 e. The van der Waals surface area contributed by atoms with Crippen LogP contribution < -0.4 is 10.5 Å². The van der Waals surface area contributed by atoms with Crippen molar-refractivity contribution >= 4 is 21.6 Å². The molecule has 0 bridgehead atoms. The quantitative estimate of drug-likeness (QED) is 0.874. The van der Waals surface area contributed by atoms with E-state index in [1.807, 2.05) is 6.92 Å². The van der Waals surface area contributed by atoms with Crippen molar-refractivity contribution in [2.45, 2.75) is 50.8 Å². The fraction of sp³-hybridized carbons (Fsp3) is 0.533. The summed E-state index contributed by atoms with van der Waals surface area (Å²) in [7, 11) is -3.73. The molecule has 1 aliphatic carbocycles. The average Bonchev–Trinajstić information content (AvgIpc) is 2.34. The van der Waals surface area contributed by atoms with Crippen LogP contribution in [0.15, 0.2) is 17.0 Å². The Labute approximate surface area is 126 Å². The van der Waals surface area contributed by atoms with Crippen LogP contribution in [0, 0.1) is 12.8 Å². The molecule has 1 fully saturated rings. The number of sulfonamides is 1. The van der Waals surface area contributed by atoms with E-state index in [4.69, 9.17) is 5.14 Å². The third-order valence-electron chi connectivity index (χ3n) is 4.06. The van der Waals surface area contributed by atoms with Crippen molar-refractivity contribution in [2.75, 3.05) is 5.32 Å². The van der Waals surface area contributed by atoms with Crippen LogP contribution in [0.25, 0.3) is 0 Å². The number of carbonyl (C=O) groups excluding carboxylic acids is 1. The first kappa shape index (κ1) is 16.0. The van der Waals surface area contributed by atoms with Gasteiger partial charge in [0.15, 0.2) is 0 Å². The molecule has 1 aliphatic rings. The molecule has 0 atom stereocenters. The molecule has 3 N–H and O–H groups in total. The number of hydrogen-bond acceptors (Lipinski definition) is 3. The van der Waals surface area contributed by atoms with E-state index in [0.717, 1.165) is 24.0 Å². The summed E-state index contributed by atoms with van der Waals surface area (Å²) in [4.78, 5) is 12.2. The highest BCUT2D eigenvalue weighted by Gasteiger charge is 2.22. The number of primary sulfonamides is 1. The molecule has 21 heavy (non-hydrogen) atoms. The van der Waals surface area contributed by atoms with E-state index in [9.17, 15) is 13.2 Å². The van der Waals surface area contributed by atoms with E-state index in [-0.39, 0.29) is 10.8 Å². The van der Waals surface area contributed by atoms with Crippen LogP contribution in [0.3, 0.4) is 0 Å². The number of amides is 1. The molecule has 1 aromatic rings. The molecule has 1 amide bonds. The number of anilines is 1. The molecule has 0 saturated heterocycles. The first-order valence-corrected chi connectivity index (χ1v) is 8.82. The van der Waals surface area contributed by atoms with Crippen LogP contribution in [0.4, 0.5) is 5.69 Å². The molecule has 0 radical (unpaired) electrons. The SMILES string of the molecule is CCc1cc(S(N)(=O)=O)cc(C)c1NC(=O)CC1CCC1. The predicted molar refractivity (Wildman–Crippen MR) is 82.5 cm³/mol. The van der Waals surface area contributed by atoms with Crippen molar-refractivity contribution < 1.29 is 13.2 Å². The summed E-state index contributed by atoms with van der Waals surface area (Å²) < 4.78 is 22.9. The first-order chi connectivity index (χ1) is 9.81. The van der Waals surface area contributed by atoms with E-state index in [2.05, 4.69) is 5.32 Å². The fourth-order valence-corrected chi connectivity index (χ4v) is 3.24. The lowest BCUT2D eigenvalue weighted by atomic mass is 9.83. The van der Waals surface area contributed by atoms with Crippen molar-refractivity contribution in [3.63, 3.8) is 0 Å². The molecule has 0 spiro atoms. The zero-order valence-electron chi connectivity index (χ0n) is 12.5. The Hall–Kier alpha value is -1.40. The molecule has 0 unspecified atom stereocenters. The van der Waals surface area contributed by atoms with Crippen molar-refractivity contribution in [3.8, 4) is 0 Å². The van der Waals surface area contributed by atoms with Crippen LogP contribution in [0.1, 0.15) is 43.7 Å². The number of aryl methyl sites for hydroxylation is 2. The van der Waals surface area contributed by atoms with Gasteiger partial charge in [-0.25, -0.2) is 13.6 Å². The first-order valence-electron chi connectivity index (χ1n) is 7.27. The number of nitrogens with one attached hydrogen (secondary N) is 1. The fourth-order valence-electron chi connectivity index (χ4n) is 2.60. The number of nitrogens with two attached hydrogens (primary N) is 1. The largest absolute Gasteiger partial charge is 0.326 e. The number of hydrogen-bond donors (Lipinski definition) is 2. The Morgan fingerprint density at radius 3 is 2.52 bits per heavy atom. The van der Waals surface area contributed by atoms with Gasteiger partial charge in [-0.15, -0.1) is 0 Å². The van der Waals surface area contributed by atoms with Gasteiger partial charge in [-0.3, -0.25) is 4.79 Å². The molecular formula is C15H22N2O3S. The number of rotatable bonds is 5. The van der Waals surface area contributed by atoms with E-state index < -0.39 is 10.0 Å². The highest BCUT2D eigenvalue weighted by atomic mass is 32.2. The normalized spacial score (nSPS) is 15.6. The van der Waals surface area contributed by atoms with Gasteiger partial charge >= 0.3 is 0 Å². The lowest BCUT2D eigenvalue weighted by Crippen LogP contribution is -2.22. The molecule has 1 saturated carbocycles. The summed E-state index contributed by atoms with van der Waals surface area (Å²) >= 11 is 0. The summed E-state index contributed by atoms with van der Waals surface area (Å²) in [5.41, 5.74) is 2.23. The van der Waals surface area contributed by atoms with Crippen LogP contribution in [-0.2, 0) is 21.2 Å². The van der Waals surface area contributed by atoms with E-state index in [0.29, 0.717) is 24.4 Å². The highest BCUT2D eigenvalue weighted by Crippen LogP contribution is 2.31. The zero-order chi connectivity index (χ0) is 15.6. The Kier molecular flexibility index (Phi) is 4.68. The van der Waals surface area contributed by atoms with Crippen molar-refractivity contribution in [2.24, 2.45) is 11.1 Å². The Morgan fingerprint density at radius 2 is 2.05 bits per heavy atom. The summed E-state index contributed by atoms with van der Waals surface area (Å²) in [5.74, 6) is 0.500. The van der Waals surface area contributed by atoms with Gasteiger partial charge in [0.2, 0.25) is 15.9 Å². The third-order valence-corrected chi connectivity index (χ3v) is 4.96. The molecule has 0 aromatic heterocycles. The third kappa shape index (κ3) is 3.83. The van der Waals surface area contributed by atoms with E-state index in [1.165, 1.54) is 12.5 Å². The van der Waals surface area contributed by atoms with Crippen LogP contribution >= 0.6 is 0 Å². The van der Waals surface area contributed by atoms with Gasteiger partial charge in [0, 0.05) is 12.1 Å². The molecule has 5 nitrogen and oxygen atoms in total. The Balaban J connectivity index is 2.24. The average molecular weight is 310 g/mol. The second-order valence-corrected chi connectivity index (χ2v) is 7.28. The summed E-state index contributed by atoms with van der Waals surface area (Å²) in [6.07, 6.45) is 4.62. The van der Waals surface area contributed by atoms with E-state index in [1.54, 1.807) is 13.0 Å². The summed E-state index contributed by atoms with van der Waals surface area (Å²) in [6, 6.07) is 3.05. The smallest absolute Gasteiger partial charge is 0.238 e. The number of carbonyl (C=O) groups is 1. The van der Waals surface area contributed by atoms with Crippen molar-refractivity contribution in [1.82, 2.24) is 0 Å². The van der Waals surface area contributed by atoms with Crippen LogP contribution in [0.5, 0.6) is 0 Å². The summed E-state index contributed by atoms with van der Waals surface area (Å²) in [5, 5.41) is 8.11. The molecule has 1 aromatic carbocycles. The van der Waals surface area contributed by atoms with Crippen molar-refractivity contribution in [3.05, 3.63) is 23.3 Å². The molecule has 0 aliphatic heterocycles.